The number of nitrogens with zero attached hydrogens (tertiary/aromatic N) is 1. The summed E-state index contributed by atoms with van der Waals surface area (Å²) in [5, 5.41) is 0. The van der Waals surface area contributed by atoms with E-state index in [2.05, 4.69) is 19.1 Å². The van der Waals surface area contributed by atoms with Crippen LogP contribution in [0.4, 0.5) is 5.69 Å². The highest BCUT2D eigenvalue weighted by Gasteiger charge is 2.02. The molecule has 0 fully saturated rings. The van der Waals surface area contributed by atoms with E-state index < -0.39 is 0 Å². The van der Waals surface area contributed by atoms with Crippen molar-refractivity contribution in [2.24, 2.45) is 0 Å². The highest BCUT2D eigenvalue weighted by atomic mass is 32.1. The third kappa shape index (κ3) is 2.05. The van der Waals surface area contributed by atoms with Gasteiger partial charge in [-0.05, 0) is 18.6 Å². The van der Waals surface area contributed by atoms with Crippen molar-refractivity contribution in [1.82, 2.24) is 0 Å². The zero-order valence-corrected chi connectivity index (χ0v) is 8.27. The van der Waals surface area contributed by atoms with Crippen molar-refractivity contribution in [3.8, 4) is 0 Å². The monoisotopic (exact) mass is 179 g/mol. The molecule has 0 aliphatic carbocycles. The summed E-state index contributed by atoms with van der Waals surface area (Å²) in [6, 6.07) is 10.2. The minimum absolute atomic E-state index is 0.917. The first-order valence-corrected chi connectivity index (χ1v) is 4.48. The minimum Gasteiger partial charge on any atom is -0.339 e. The number of rotatable bonds is 2. The van der Waals surface area contributed by atoms with Crippen LogP contribution in [-0.4, -0.2) is 12.0 Å². The Morgan fingerprint density at radius 1 is 1.33 bits per heavy atom. The van der Waals surface area contributed by atoms with Crippen LogP contribution >= 0.6 is 12.2 Å². The van der Waals surface area contributed by atoms with Crippen LogP contribution in [0.2, 0.25) is 0 Å². The first-order chi connectivity index (χ1) is 5.75. The van der Waals surface area contributed by atoms with Crippen molar-refractivity contribution >= 4 is 22.9 Å². The Labute approximate surface area is 79.0 Å². The molecule has 0 bridgehead atoms. The summed E-state index contributed by atoms with van der Waals surface area (Å²) in [5.74, 6) is 0. The lowest BCUT2D eigenvalue weighted by Crippen LogP contribution is -2.23. The van der Waals surface area contributed by atoms with Gasteiger partial charge in [0.15, 0.2) is 0 Å². The first kappa shape index (κ1) is 9.20. The van der Waals surface area contributed by atoms with E-state index in [4.69, 9.17) is 12.2 Å². The molecule has 0 N–H and O–H groups in total. The summed E-state index contributed by atoms with van der Waals surface area (Å²) < 4.78 is 0. The van der Waals surface area contributed by atoms with Crippen LogP contribution in [0, 0.1) is 0 Å². The van der Waals surface area contributed by atoms with Crippen LogP contribution < -0.4 is 4.90 Å². The molecule has 1 aromatic carbocycles. The van der Waals surface area contributed by atoms with Gasteiger partial charge >= 0.3 is 0 Å². The van der Waals surface area contributed by atoms with Crippen molar-refractivity contribution in [2.45, 2.75) is 13.3 Å². The van der Waals surface area contributed by atoms with Gasteiger partial charge in [0.05, 0.1) is 4.99 Å². The Balaban J connectivity index is 2.78. The van der Waals surface area contributed by atoms with Crippen molar-refractivity contribution in [3.63, 3.8) is 0 Å². The lowest BCUT2D eigenvalue weighted by molar-refractivity contribution is 1.19. The standard InChI is InChI=1S/C10H13NS/c1-3-10(12)11(2)9-7-5-4-6-8-9/h4-8H,3H2,1-2H3. The van der Waals surface area contributed by atoms with Gasteiger partial charge in [0.1, 0.15) is 0 Å². The SMILES string of the molecule is CCC(=S)N(C)c1ccccc1. The third-order valence-corrected chi connectivity index (χ3v) is 2.38. The summed E-state index contributed by atoms with van der Waals surface area (Å²) in [7, 11) is 2.00. The molecule has 0 aliphatic rings. The second kappa shape index (κ2) is 4.21. The van der Waals surface area contributed by atoms with Crippen LogP contribution in [0.5, 0.6) is 0 Å². The second-order valence-corrected chi connectivity index (χ2v) is 3.11. The predicted molar refractivity (Wildman–Crippen MR) is 57.7 cm³/mol. The topological polar surface area (TPSA) is 3.24 Å². The van der Waals surface area contributed by atoms with Crippen molar-refractivity contribution in [3.05, 3.63) is 30.3 Å². The van der Waals surface area contributed by atoms with Crippen molar-refractivity contribution in [2.75, 3.05) is 11.9 Å². The van der Waals surface area contributed by atoms with Gasteiger partial charge in [0, 0.05) is 12.7 Å². The van der Waals surface area contributed by atoms with E-state index >= 15 is 0 Å². The fourth-order valence-corrected chi connectivity index (χ4v) is 1.14. The van der Waals surface area contributed by atoms with E-state index in [1.807, 2.05) is 30.1 Å². The second-order valence-electron chi connectivity index (χ2n) is 2.64. The Hall–Kier alpha value is -0.890. The number of para-hydroxylation sites is 1. The van der Waals surface area contributed by atoms with Crippen LogP contribution in [0.25, 0.3) is 0 Å². The Morgan fingerprint density at radius 2 is 1.92 bits per heavy atom. The maximum absolute atomic E-state index is 5.19. The van der Waals surface area contributed by atoms with Gasteiger partial charge in [0.2, 0.25) is 0 Å². The van der Waals surface area contributed by atoms with E-state index in [9.17, 15) is 0 Å². The molecule has 0 radical (unpaired) electrons. The molecule has 1 nitrogen and oxygen atoms in total. The first-order valence-electron chi connectivity index (χ1n) is 4.07. The summed E-state index contributed by atoms with van der Waals surface area (Å²) >= 11 is 5.19. The molecule has 1 rings (SSSR count). The Kier molecular flexibility index (Phi) is 3.23. The molecule has 0 unspecified atom stereocenters. The molecule has 2 heteroatoms. The van der Waals surface area contributed by atoms with E-state index in [1.165, 1.54) is 0 Å². The Bertz CT molecular complexity index is 256. The fraction of sp³-hybridized carbons (Fsp3) is 0.300. The zero-order valence-electron chi connectivity index (χ0n) is 7.45. The smallest absolute Gasteiger partial charge is 0.0818 e. The van der Waals surface area contributed by atoms with Gasteiger partial charge in [-0.3, -0.25) is 0 Å². The van der Waals surface area contributed by atoms with Crippen LogP contribution in [0.1, 0.15) is 13.3 Å². The van der Waals surface area contributed by atoms with Gasteiger partial charge in [-0.1, -0.05) is 37.3 Å². The van der Waals surface area contributed by atoms with E-state index in [0.29, 0.717) is 0 Å². The third-order valence-electron chi connectivity index (χ3n) is 1.82. The minimum atomic E-state index is 0.917. The summed E-state index contributed by atoms with van der Waals surface area (Å²) in [5.41, 5.74) is 1.16. The van der Waals surface area contributed by atoms with Crippen LogP contribution in [0.3, 0.4) is 0 Å². The van der Waals surface area contributed by atoms with Crippen molar-refractivity contribution in [1.29, 1.82) is 0 Å². The van der Waals surface area contributed by atoms with E-state index in [0.717, 1.165) is 17.1 Å². The number of benzene rings is 1. The molecule has 0 atom stereocenters. The highest BCUT2D eigenvalue weighted by molar-refractivity contribution is 7.80. The van der Waals surface area contributed by atoms with Crippen LogP contribution in [0.15, 0.2) is 30.3 Å². The molecule has 0 heterocycles. The lowest BCUT2D eigenvalue weighted by atomic mass is 10.3. The molecule has 0 aromatic heterocycles. The van der Waals surface area contributed by atoms with Gasteiger partial charge in [0.25, 0.3) is 0 Å². The van der Waals surface area contributed by atoms with Gasteiger partial charge in [-0.2, -0.15) is 0 Å². The average molecular weight is 179 g/mol. The predicted octanol–water partition coefficient (Wildman–Crippen LogP) is 2.86. The van der Waals surface area contributed by atoms with Crippen molar-refractivity contribution < 1.29 is 0 Å². The zero-order chi connectivity index (χ0) is 8.97. The van der Waals surface area contributed by atoms with Gasteiger partial charge in [-0.15, -0.1) is 0 Å². The highest BCUT2D eigenvalue weighted by Crippen LogP contribution is 2.12. The molecule has 0 saturated heterocycles. The maximum atomic E-state index is 5.19. The van der Waals surface area contributed by atoms with Gasteiger partial charge < -0.3 is 4.90 Å². The molecule has 0 saturated carbocycles. The number of hydrogen-bond donors (Lipinski definition) is 0. The molecule has 0 spiro atoms. The molecule has 1 aromatic rings. The molecular formula is C10H13NS. The lowest BCUT2D eigenvalue weighted by Gasteiger charge is -2.18. The van der Waals surface area contributed by atoms with Crippen LogP contribution in [-0.2, 0) is 0 Å². The maximum Gasteiger partial charge on any atom is 0.0818 e. The molecular weight excluding hydrogens is 166 g/mol. The average Bonchev–Trinajstić information content (AvgIpc) is 2.17. The fourth-order valence-electron chi connectivity index (χ4n) is 1.03. The summed E-state index contributed by atoms with van der Waals surface area (Å²) in [6.07, 6.45) is 0.917. The van der Waals surface area contributed by atoms with E-state index in [-0.39, 0.29) is 0 Å². The summed E-state index contributed by atoms with van der Waals surface area (Å²) in [6.45, 7) is 2.07. The Morgan fingerprint density at radius 3 is 2.42 bits per heavy atom. The quantitative estimate of drug-likeness (QED) is 0.642. The molecule has 64 valence electrons. The van der Waals surface area contributed by atoms with Gasteiger partial charge in [-0.25, -0.2) is 0 Å². The largest absolute Gasteiger partial charge is 0.339 e. The number of anilines is 1. The summed E-state index contributed by atoms with van der Waals surface area (Å²) in [4.78, 5) is 3.01. The van der Waals surface area contributed by atoms with E-state index in [1.54, 1.807) is 0 Å². The molecule has 12 heavy (non-hydrogen) atoms. The normalized spacial score (nSPS) is 9.50. The number of hydrogen-bond acceptors (Lipinski definition) is 1. The number of thiocarbonyl (C=S) groups is 1. The molecule has 0 aliphatic heterocycles. The molecule has 0 amide bonds.